The molecule has 12 aromatic rings. The average molecular weight is 860 g/mol. The van der Waals surface area contributed by atoms with Crippen LogP contribution in [0.15, 0.2) is 253 Å². The maximum Gasteiger partial charge on any atom is 0.179 e. The molecule has 2 heterocycles. The van der Waals surface area contributed by atoms with Crippen molar-refractivity contribution in [2.24, 2.45) is 0 Å². The molecule has 0 spiro atoms. The van der Waals surface area contributed by atoms with Crippen LogP contribution in [-0.2, 0) is 0 Å². The molecule has 66 heavy (non-hydrogen) atoms. The molecule has 0 unspecified atom stereocenters. The summed E-state index contributed by atoms with van der Waals surface area (Å²) in [5, 5.41) is 9.61. The summed E-state index contributed by atoms with van der Waals surface area (Å²) in [5.41, 5.74) is 9.06. The number of rotatable bonds is 9. The highest BCUT2D eigenvalue weighted by Gasteiger charge is 2.41. The van der Waals surface area contributed by atoms with Gasteiger partial charge in [0, 0.05) is 27.5 Å². The molecule has 0 aliphatic carbocycles. The number of fused-ring (bicyclic) bond motifs is 4. The maximum atomic E-state index is 6.49. The zero-order valence-electron chi connectivity index (χ0n) is 35.9. The van der Waals surface area contributed by atoms with Crippen LogP contribution in [0.1, 0.15) is 0 Å². The van der Waals surface area contributed by atoms with Gasteiger partial charge in [-0.05, 0) is 78.0 Å². The van der Waals surface area contributed by atoms with Gasteiger partial charge in [0.1, 0.15) is 11.2 Å². The maximum absolute atomic E-state index is 6.49. The third kappa shape index (κ3) is 6.73. The first-order valence-electron chi connectivity index (χ1n) is 22.3. The number of furan rings is 1. The van der Waals surface area contributed by atoms with Gasteiger partial charge in [-0.3, -0.25) is 0 Å². The van der Waals surface area contributed by atoms with Gasteiger partial charge in [-0.2, -0.15) is 0 Å². The second-order valence-corrected chi connectivity index (χ2v) is 20.5. The van der Waals surface area contributed by atoms with Gasteiger partial charge in [0.2, 0.25) is 0 Å². The van der Waals surface area contributed by atoms with Crippen LogP contribution in [0.3, 0.4) is 0 Å². The summed E-state index contributed by atoms with van der Waals surface area (Å²) in [6.07, 6.45) is 0. The van der Waals surface area contributed by atoms with E-state index in [1.165, 1.54) is 26.3 Å². The van der Waals surface area contributed by atoms with Crippen LogP contribution in [0.25, 0.3) is 89.1 Å². The quantitative estimate of drug-likeness (QED) is 0.107. The highest BCUT2D eigenvalue weighted by atomic mass is 28.3. The molecule has 0 fully saturated rings. The van der Waals surface area contributed by atoms with Gasteiger partial charge in [0.15, 0.2) is 25.5 Å². The van der Waals surface area contributed by atoms with E-state index in [-0.39, 0.29) is 0 Å². The molecule has 0 aliphatic heterocycles. The Morgan fingerprint density at radius 2 is 0.727 bits per heavy atom. The van der Waals surface area contributed by atoms with Crippen molar-refractivity contribution in [1.29, 1.82) is 0 Å². The predicted molar refractivity (Wildman–Crippen MR) is 275 cm³/mol. The van der Waals surface area contributed by atoms with E-state index in [2.05, 4.69) is 231 Å². The highest BCUT2D eigenvalue weighted by Crippen LogP contribution is 2.42. The van der Waals surface area contributed by atoms with E-state index in [0.717, 1.165) is 66.1 Å². The lowest BCUT2D eigenvalue weighted by Gasteiger charge is -2.34. The van der Waals surface area contributed by atoms with E-state index < -0.39 is 8.07 Å². The topological polar surface area (TPSA) is 51.8 Å². The molecular weight excluding hydrogens is 819 g/mol. The Labute approximate surface area is 384 Å². The summed E-state index contributed by atoms with van der Waals surface area (Å²) in [4.78, 5) is 15.7. The number of hydrogen-bond acceptors (Lipinski definition) is 4. The summed E-state index contributed by atoms with van der Waals surface area (Å²) < 4.78 is 6.49. The molecule has 4 nitrogen and oxygen atoms in total. The minimum atomic E-state index is -2.72. The SMILES string of the molecule is c1ccc(-c2ccc3oc4cccc(-c5ccc(-c6nc(-c7ccccc7)nc(-c7ccc([Si](c8ccccc8)(c8ccccc8)c8ccccc8)cc7)n6)c6ccccc56)c4c3c2)cc1. The Hall–Kier alpha value is -8.51. The van der Waals surface area contributed by atoms with Gasteiger partial charge in [0.05, 0.1) is 0 Å². The van der Waals surface area contributed by atoms with Crippen LogP contribution in [0, 0.1) is 0 Å². The summed E-state index contributed by atoms with van der Waals surface area (Å²) in [6.45, 7) is 0. The molecule has 5 heteroatoms. The Bertz CT molecular complexity index is 3580. The lowest BCUT2D eigenvalue weighted by atomic mass is 9.92. The van der Waals surface area contributed by atoms with Gasteiger partial charge >= 0.3 is 0 Å². The number of nitrogens with zero attached hydrogens (tertiary/aromatic N) is 3. The van der Waals surface area contributed by atoms with Crippen molar-refractivity contribution >= 4 is 61.5 Å². The van der Waals surface area contributed by atoms with Crippen molar-refractivity contribution in [2.45, 2.75) is 0 Å². The van der Waals surface area contributed by atoms with Crippen molar-refractivity contribution in [3.63, 3.8) is 0 Å². The van der Waals surface area contributed by atoms with Crippen molar-refractivity contribution in [1.82, 2.24) is 15.0 Å². The third-order valence-corrected chi connectivity index (χ3v) is 17.7. The Balaban J connectivity index is 1.01. The van der Waals surface area contributed by atoms with Crippen LogP contribution in [0.4, 0.5) is 0 Å². The fraction of sp³-hybridized carbons (Fsp3) is 0. The predicted octanol–water partition coefficient (Wildman–Crippen LogP) is 12.6. The molecule has 0 atom stereocenters. The summed E-state index contributed by atoms with van der Waals surface area (Å²) >= 11 is 0. The summed E-state index contributed by atoms with van der Waals surface area (Å²) in [6, 6.07) is 88.5. The lowest BCUT2D eigenvalue weighted by Crippen LogP contribution is -2.74. The third-order valence-electron chi connectivity index (χ3n) is 12.9. The van der Waals surface area contributed by atoms with E-state index in [1.807, 2.05) is 18.2 Å². The second-order valence-electron chi connectivity index (χ2n) is 16.7. The molecule has 0 bridgehead atoms. The highest BCUT2D eigenvalue weighted by molar-refractivity contribution is 7.19. The zero-order valence-corrected chi connectivity index (χ0v) is 36.9. The average Bonchev–Trinajstić information content (AvgIpc) is 3.79. The first-order chi connectivity index (χ1) is 32.7. The van der Waals surface area contributed by atoms with Crippen LogP contribution in [-0.4, -0.2) is 23.0 Å². The molecule has 0 aliphatic rings. The van der Waals surface area contributed by atoms with E-state index >= 15 is 0 Å². The number of benzene rings is 10. The van der Waals surface area contributed by atoms with Crippen LogP contribution in [0.5, 0.6) is 0 Å². The minimum Gasteiger partial charge on any atom is -0.456 e. The molecule has 0 saturated carbocycles. The van der Waals surface area contributed by atoms with Gasteiger partial charge in [-0.15, -0.1) is 0 Å². The summed E-state index contributed by atoms with van der Waals surface area (Å²) in [7, 11) is -2.72. The van der Waals surface area contributed by atoms with Crippen LogP contribution in [0.2, 0.25) is 0 Å². The van der Waals surface area contributed by atoms with Crippen molar-refractivity contribution in [3.8, 4) is 56.4 Å². The number of aromatic nitrogens is 3. The fourth-order valence-electron chi connectivity index (χ4n) is 9.87. The molecule has 12 rings (SSSR count). The van der Waals surface area contributed by atoms with E-state index in [9.17, 15) is 0 Å². The number of hydrogen-bond donors (Lipinski definition) is 0. The first-order valence-corrected chi connectivity index (χ1v) is 24.3. The van der Waals surface area contributed by atoms with Gasteiger partial charge < -0.3 is 4.42 Å². The second kappa shape index (κ2) is 16.6. The normalized spacial score (nSPS) is 11.6. The molecule has 0 saturated heterocycles. The Kier molecular flexibility index (Phi) is 9.81. The molecule has 310 valence electrons. The molecule has 2 aromatic heterocycles. The molecule has 0 radical (unpaired) electrons. The van der Waals surface area contributed by atoms with Gasteiger partial charge in [-0.1, -0.05) is 224 Å². The van der Waals surface area contributed by atoms with Gasteiger partial charge in [0.25, 0.3) is 0 Å². The van der Waals surface area contributed by atoms with E-state index in [1.54, 1.807) is 0 Å². The monoisotopic (exact) mass is 859 g/mol. The largest absolute Gasteiger partial charge is 0.456 e. The Morgan fingerprint density at radius 3 is 1.32 bits per heavy atom. The van der Waals surface area contributed by atoms with E-state index in [0.29, 0.717) is 17.5 Å². The zero-order chi connectivity index (χ0) is 43.9. The van der Waals surface area contributed by atoms with Crippen molar-refractivity contribution < 1.29 is 4.42 Å². The van der Waals surface area contributed by atoms with Crippen molar-refractivity contribution in [3.05, 3.63) is 249 Å². The van der Waals surface area contributed by atoms with Crippen LogP contribution < -0.4 is 20.7 Å². The first kappa shape index (κ1) is 39.1. The lowest BCUT2D eigenvalue weighted by molar-refractivity contribution is 0.669. The van der Waals surface area contributed by atoms with Crippen LogP contribution >= 0.6 is 0 Å². The minimum absolute atomic E-state index is 0.617. The van der Waals surface area contributed by atoms with E-state index in [4.69, 9.17) is 19.4 Å². The molecule has 10 aromatic carbocycles. The standard InChI is InChI=1S/C61H41N3OSi/c1-6-19-42(20-7-1)45-35-40-56-55(41-45)58-53(31-18-32-57(58)65-56)52-38-39-54(51-30-17-16-29-50(51)52)61-63-59(43-21-8-2-9-22-43)62-60(64-61)44-33-36-49(37-34-44)66(46-23-10-3-11-24-46,47-25-12-4-13-26-47)48-27-14-5-15-28-48/h1-41H. The smallest absolute Gasteiger partial charge is 0.179 e. The summed E-state index contributed by atoms with van der Waals surface area (Å²) in [5.74, 6) is 1.86. The molecule has 0 N–H and O–H groups in total. The van der Waals surface area contributed by atoms with Crippen molar-refractivity contribution in [2.75, 3.05) is 0 Å². The molecule has 0 amide bonds. The molecular formula is C61H41N3OSi. The fourth-order valence-corrected chi connectivity index (χ4v) is 14.6. The van der Waals surface area contributed by atoms with Gasteiger partial charge in [-0.25, -0.2) is 15.0 Å². The Morgan fingerprint density at radius 1 is 0.273 bits per heavy atom.